The molecule has 0 rings (SSSR count). The summed E-state index contributed by atoms with van der Waals surface area (Å²) < 4.78 is 0. The molecular formula is C10H24N2O4. The Morgan fingerprint density at radius 1 is 1.31 bits per heavy atom. The van der Waals surface area contributed by atoms with Gasteiger partial charge in [0.15, 0.2) is 0 Å². The number of carbonyl (C=O) groups is 1. The molecule has 0 aromatic heterocycles. The van der Waals surface area contributed by atoms with E-state index in [1.807, 2.05) is 13.8 Å². The molecule has 0 aliphatic heterocycles. The molecule has 0 fully saturated rings. The minimum absolute atomic E-state index is 0.433. The van der Waals surface area contributed by atoms with E-state index in [2.05, 4.69) is 0 Å². The Morgan fingerprint density at radius 3 is 1.81 bits per heavy atom. The maximum Gasteiger partial charge on any atom is 0.202 e. The summed E-state index contributed by atoms with van der Waals surface area (Å²) in [4.78, 5) is 10.9. The molecule has 0 aliphatic carbocycles. The summed E-state index contributed by atoms with van der Waals surface area (Å²) in [5.41, 5.74) is 4.95. The molecule has 1 atom stereocenters. The Balaban J connectivity index is 0. The molecule has 0 aromatic carbocycles. The second-order valence-electron chi connectivity index (χ2n) is 3.48. The largest absolute Gasteiger partial charge is 0.548 e. The minimum atomic E-state index is -1.18. The van der Waals surface area contributed by atoms with Crippen LogP contribution in [-0.4, -0.2) is 48.1 Å². The van der Waals surface area contributed by atoms with E-state index in [9.17, 15) is 9.90 Å². The van der Waals surface area contributed by atoms with E-state index < -0.39 is 18.3 Å². The van der Waals surface area contributed by atoms with Crippen LogP contribution < -0.4 is 15.7 Å². The summed E-state index contributed by atoms with van der Waals surface area (Å²) in [5.74, 6) is -1.18. The normalized spacial score (nSPS) is 12.2. The van der Waals surface area contributed by atoms with Gasteiger partial charge in [-0.25, -0.2) is 0 Å². The molecule has 16 heavy (non-hydrogen) atoms. The molecule has 0 heterocycles. The van der Waals surface area contributed by atoms with Crippen molar-refractivity contribution in [3.8, 4) is 0 Å². The van der Waals surface area contributed by atoms with E-state index in [4.69, 9.17) is 15.9 Å². The van der Waals surface area contributed by atoms with Gasteiger partial charge in [-0.15, -0.1) is 0 Å². The number of likely N-dealkylation sites (N-methyl/N-ethyl adjacent to an activating group) is 1. The Hall–Kier alpha value is -0.690. The fourth-order valence-electron chi connectivity index (χ4n) is 0.964. The molecule has 0 radical (unpaired) electrons. The van der Waals surface area contributed by atoms with E-state index in [1.165, 1.54) is 4.90 Å². The molecular weight excluding hydrogens is 212 g/mol. The van der Waals surface area contributed by atoms with E-state index in [-0.39, 0.29) is 0 Å². The lowest BCUT2D eigenvalue weighted by Gasteiger charge is -2.15. The lowest BCUT2D eigenvalue weighted by molar-refractivity contribution is -0.902. The van der Waals surface area contributed by atoms with Crippen LogP contribution in [0, 0.1) is 0 Å². The second kappa shape index (κ2) is 10.8. The third-order valence-electron chi connectivity index (χ3n) is 2.21. The van der Waals surface area contributed by atoms with Gasteiger partial charge in [0.1, 0.15) is 6.54 Å². The minimum Gasteiger partial charge on any atom is -0.548 e. The van der Waals surface area contributed by atoms with Crippen molar-refractivity contribution in [1.29, 1.82) is 0 Å². The lowest BCUT2D eigenvalue weighted by Crippen LogP contribution is -3.12. The summed E-state index contributed by atoms with van der Waals surface area (Å²) in [7, 11) is 0. The molecule has 6 heteroatoms. The standard InChI is InChI=1S/C6H15NO2.C4H9NO2/c1-3-7(4-2)5-6(8)9;1-2-3(5)4(6)7/h6,8-9H,3-5H2,1-2H3;3H,2,5H2,1H3,(H,6,7). The molecule has 1 unspecified atom stereocenters. The summed E-state index contributed by atoms with van der Waals surface area (Å²) in [6.45, 7) is 8.10. The van der Waals surface area contributed by atoms with Gasteiger partial charge in [0.25, 0.3) is 0 Å². The number of aliphatic hydroxyl groups excluding tert-OH is 1. The molecule has 0 spiro atoms. The van der Waals surface area contributed by atoms with Crippen molar-refractivity contribution in [2.45, 2.75) is 39.5 Å². The first-order valence-corrected chi connectivity index (χ1v) is 5.55. The molecule has 0 saturated heterocycles. The monoisotopic (exact) mass is 236 g/mol. The zero-order chi connectivity index (χ0) is 13.1. The van der Waals surface area contributed by atoms with Gasteiger partial charge >= 0.3 is 0 Å². The molecule has 6 nitrogen and oxygen atoms in total. The maximum absolute atomic E-state index is 9.69. The fraction of sp³-hybridized carbons (Fsp3) is 0.900. The van der Waals surface area contributed by atoms with Gasteiger partial charge in [-0.1, -0.05) is 6.92 Å². The highest BCUT2D eigenvalue weighted by Gasteiger charge is 2.06. The van der Waals surface area contributed by atoms with Crippen molar-refractivity contribution in [3.05, 3.63) is 0 Å². The molecule has 5 N–H and O–H groups in total. The van der Waals surface area contributed by atoms with Gasteiger partial charge in [0.2, 0.25) is 6.29 Å². The Labute approximate surface area is 96.7 Å². The van der Waals surface area contributed by atoms with E-state index in [1.54, 1.807) is 6.92 Å². The number of carboxylic acid groups (broad SMARTS) is 1. The van der Waals surface area contributed by atoms with Crippen LogP contribution in [0.1, 0.15) is 27.2 Å². The van der Waals surface area contributed by atoms with Gasteiger partial charge in [-0.05, 0) is 20.3 Å². The van der Waals surface area contributed by atoms with Crippen LogP contribution in [0.4, 0.5) is 0 Å². The van der Waals surface area contributed by atoms with Crippen LogP contribution in [0.5, 0.6) is 0 Å². The van der Waals surface area contributed by atoms with Crippen molar-refractivity contribution < 1.29 is 25.0 Å². The number of aliphatic carboxylic acids is 1. The van der Waals surface area contributed by atoms with Crippen LogP contribution >= 0.6 is 0 Å². The van der Waals surface area contributed by atoms with Crippen LogP contribution in [-0.2, 0) is 4.79 Å². The Bertz CT molecular complexity index is 172. The van der Waals surface area contributed by atoms with E-state index in [0.29, 0.717) is 13.0 Å². The van der Waals surface area contributed by atoms with Gasteiger partial charge in [-0.3, -0.25) is 0 Å². The van der Waals surface area contributed by atoms with Crippen molar-refractivity contribution in [2.75, 3.05) is 19.6 Å². The Morgan fingerprint density at radius 2 is 1.75 bits per heavy atom. The van der Waals surface area contributed by atoms with Crippen LogP contribution in [0.3, 0.4) is 0 Å². The molecule has 0 bridgehead atoms. The first kappa shape index (κ1) is 17.7. The first-order chi connectivity index (χ1) is 7.38. The van der Waals surface area contributed by atoms with Gasteiger partial charge in [0.05, 0.1) is 19.1 Å². The van der Waals surface area contributed by atoms with Crippen molar-refractivity contribution in [2.24, 2.45) is 5.73 Å². The topological polar surface area (TPSA) is 111 Å². The second-order valence-corrected chi connectivity index (χ2v) is 3.48. The molecule has 98 valence electrons. The number of quaternary nitrogens is 1. The summed E-state index contributed by atoms with van der Waals surface area (Å²) in [5, 5.41) is 26.7. The zero-order valence-electron chi connectivity index (χ0n) is 10.3. The first-order valence-electron chi connectivity index (χ1n) is 5.55. The van der Waals surface area contributed by atoms with E-state index in [0.717, 1.165) is 13.1 Å². The average Bonchev–Trinajstić information content (AvgIpc) is 2.25. The van der Waals surface area contributed by atoms with Crippen LogP contribution in [0.25, 0.3) is 0 Å². The van der Waals surface area contributed by atoms with Crippen molar-refractivity contribution >= 4 is 5.97 Å². The fourth-order valence-corrected chi connectivity index (χ4v) is 0.964. The number of nitrogens with one attached hydrogen (secondary N) is 1. The number of carboxylic acids is 1. The summed E-state index contributed by atoms with van der Waals surface area (Å²) in [6.07, 6.45) is -0.720. The van der Waals surface area contributed by atoms with Crippen molar-refractivity contribution in [1.82, 2.24) is 0 Å². The average molecular weight is 236 g/mol. The third kappa shape index (κ3) is 11.4. The van der Waals surface area contributed by atoms with Gasteiger partial charge in [-0.2, -0.15) is 0 Å². The van der Waals surface area contributed by atoms with Crippen molar-refractivity contribution in [3.63, 3.8) is 0 Å². The highest BCUT2D eigenvalue weighted by molar-refractivity contribution is 5.70. The molecule has 0 aromatic rings. The predicted octanol–water partition coefficient (Wildman–Crippen LogP) is -3.30. The van der Waals surface area contributed by atoms with Gasteiger partial charge < -0.3 is 30.7 Å². The summed E-state index contributed by atoms with van der Waals surface area (Å²) in [6, 6.07) is -0.792. The molecule has 0 saturated carbocycles. The highest BCUT2D eigenvalue weighted by Crippen LogP contribution is 1.79. The Kier molecular flexibility index (Phi) is 12.0. The lowest BCUT2D eigenvalue weighted by atomic mass is 10.2. The number of hydrogen-bond acceptors (Lipinski definition) is 5. The predicted molar refractivity (Wildman–Crippen MR) is 58.4 cm³/mol. The molecule has 0 aliphatic rings. The number of nitrogens with two attached hydrogens (primary N) is 1. The zero-order valence-corrected chi connectivity index (χ0v) is 10.3. The van der Waals surface area contributed by atoms with Crippen LogP contribution in [0.15, 0.2) is 0 Å². The van der Waals surface area contributed by atoms with Gasteiger partial charge in [0, 0.05) is 6.04 Å². The van der Waals surface area contributed by atoms with E-state index >= 15 is 0 Å². The SMILES string of the molecule is CCC(N)C(=O)[O-].CC[NH+](CC)CC(O)O. The third-order valence-corrected chi connectivity index (χ3v) is 2.21. The molecule has 0 amide bonds. The quantitative estimate of drug-likeness (QED) is 0.361. The smallest absolute Gasteiger partial charge is 0.202 e. The van der Waals surface area contributed by atoms with Crippen LogP contribution in [0.2, 0.25) is 0 Å². The highest BCUT2D eigenvalue weighted by atomic mass is 16.5. The maximum atomic E-state index is 9.69. The summed E-state index contributed by atoms with van der Waals surface area (Å²) >= 11 is 0. The number of carbonyl (C=O) groups excluding carboxylic acids is 1. The number of rotatable bonds is 6. The number of aliphatic hydroxyl groups is 2. The number of hydrogen-bond donors (Lipinski definition) is 4.